The van der Waals surface area contributed by atoms with E-state index in [-0.39, 0.29) is 18.9 Å². The van der Waals surface area contributed by atoms with Crippen molar-refractivity contribution in [3.05, 3.63) is 0 Å². The summed E-state index contributed by atoms with van der Waals surface area (Å²) in [4.78, 5) is 34.0. The molecular formula is C12H20N2O6. The van der Waals surface area contributed by atoms with Gasteiger partial charge >= 0.3 is 11.9 Å². The van der Waals surface area contributed by atoms with Crippen molar-refractivity contribution in [2.75, 3.05) is 20.8 Å². The first-order chi connectivity index (χ1) is 9.47. The molecule has 1 fully saturated rings. The van der Waals surface area contributed by atoms with E-state index < -0.39 is 29.9 Å². The number of aliphatic carboxylic acids is 1. The highest BCUT2D eigenvalue weighted by atomic mass is 16.5. The highest BCUT2D eigenvalue weighted by Gasteiger charge is 2.31. The number of carbonyl (C=O) groups excluding carboxylic acids is 2. The van der Waals surface area contributed by atoms with Gasteiger partial charge < -0.3 is 25.2 Å². The van der Waals surface area contributed by atoms with Crippen LogP contribution in [0.3, 0.4) is 0 Å². The quantitative estimate of drug-likeness (QED) is 0.509. The van der Waals surface area contributed by atoms with E-state index >= 15 is 0 Å². The van der Waals surface area contributed by atoms with Gasteiger partial charge in [0.25, 0.3) is 0 Å². The van der Waals surface area contributed by atoms with Crippen molar-refractivity contribution in [2.24, 2.45) is 0 Å². The number of hydrogen-bond acceptors (Lipinski definition) is 6. The minimum atomic E-state index is -1.18. The first-order valence-electron chi connectivity index (χ1n) is 6.34. The smallest absolute Gasteiger partial charge is 0.326 e. The molecule has 20 heavy (non-hydrogen) atoms. The predicted molar refractivity (Wildman–Crippen MR) is 68.0 cm³/mol. The average molecular weight is 288 g/mol. The molecule has 0 aliphatic carbocycles. The summed E-state index contributed by atoms with van der Waals surface area (Å²) in [5, 5.41) is 14.4. The third kappa shape index (κ3) is 4.78. The molecule has 1 heterocycles. The van der Waals surface area contributed by atoms with Gasteiger partial charge in [0.05, 0.1) is 19.3 Å². The third-order valence-electron chi connectivity index (χ3n) is 3.22. The Morgan fingerprint density at radius 3 is 2.60 bits per heavy atom. The fourth-order valence-electron chi connectivity index (χ4n) is 1.98. The van der Waals surface area contributed by atoms with E-state index in [4.69, 9.17) is 9.84 Å². The van der Waals surface area contributed by atoms with E-state index in [2.05, 4.69) is 15.4 Å². The fraction of sp³-hybridized carbons (Fsp3) is 0.750. The fourth-order valence-corrected chi connectivity index (χ4v) is 1.98. The standard InChI is InChI=1S/C12H20N2O6/c1-19-7-5-9(13-6-7)11(16)14-8(12(17)18)3-4-10(15)20-2/h7-9,13H,3-6H2,1-2H3,(H,14,16)(H,17,18). The number of rotatable bonds is 7. The number of amides is 1. The van der Waals surface area contributed by atoms with E-state index in [9.17, 15) is 14.4 Å². The number of carboxylic acid groups (broad SMARTS) is 1. The molecule has 114 valence electrons. The maximum absolute atomic E-state index is 11.9. The molecule has 0 spiro atoms. The molecule has 1 aliphatic rings. The molecule has 1 amide bonds. The van der Waals surface area contributed by atoms with Crippen molar-refractivity contribution >= 4 is 17.8 Å². The Bertz CT molecular complexity index is 373. The largest absolute Gasteiger partial charge is 0.480 e. The van der Waals surface area contributed by atoms with Gasteiger partial charge in [-0.05, 0) is 12.8 Å². The second kappa shape index (κ2) is 7.81. The molecule has 0 aromatic carbocycles. The van der Waals surface area contributed by atoms with Gasteiger partial charge in [0, 0.05) is 20.1 Å². The molecule has 1 aliphatic heterocycles. The lowest BCUT2D eigenvalue weighted by atomic mass is 10.1. The highest BCUT2D eigenvalue weighted by Crippen LogP contribution is 2.10. The minimum absolute atomic E-state index is 0.00578. The number of carboxylic acids is 1. The van der Waals surface area contributed by atoms with Crippen LogP contribution >= 0.6 is 0 Å². The van der Waals surface area contributed by atoms with Crippen molar-refractivity contribution in [3.63, 3.8) is 0 Å². The van der Waals surface area contributed by atoms with Crippen LogP contribution in [0, 0.1) is 0 Å². The number of hydrogen-bond donors (Lipinski definition) is 3. The van der Waals surface area contributed by atoms with Crippen LogP contribution in [-0.2, 0) is 23.9 Å². The van der Waals surface area contributed by atoms with Gasteiger partial charge in [-0.15, -0.1) is 0 Å². The SMILES string of the molecule is COC(=O)CCC(NC(=O)C1CC(OC)CN1)C(=O)O. The van der Waals surface area contributed by atoms with Crippen LogP contribution in [0.5, 0.6) is 0 Å². The Balaban J connectivity index is 2.47. The van der Waals surface area contributed by atoms with Crippen molar-refractivity contribution in [2.45, 2.75) is 37.5 Å². The first kappa shape index (κ1) is 16.4. The summed E-state index contributed by atoms with van der Waals surface area (Å²) in [6.07, 6.45) is 0.371. The van der Waals surface area contributed by atoms with E-state index in [1.165, 1.54) is 7.11 Å². The Morgan fingerprint density at radius 1 is 1.40 bits per heavy atom. The Labute approximate surface area is 116 Å². The van der Waals surface area contributed by atoms with E-state index in [1.807, 2.05) is 0 Å². The Morgan fingerprint density at radius 2 is 2.10 bits per heavy atom. The normalized spacial score (nSPS) is 23.1. The van der Waals surface area contributed by atoms with Crippen molar-refractivity contribution in [1.29, 1.82) is 0 Å². The van der Waals surface area contributed by atoms with Gasteiger partial charge in [-0.25, -0.2) is 4.79 Å². The molecule has 8 heteroatoms. The maximum Gasteiger partial charge on any atom is 0.326 e. The van der Waals surface area contributed by atoms with Gasteiger partial charge in [0.1, 0.15) is 6.04 Å². The average Bonchev–Trinajstić information content (AvgIpc) is 2.91. The van der Waals surface area contributed by atoms with E-state index in [1.54, 1.807) is 7.11 Å². The summed E-state index contributed by atoms with van der Waals surface area (Å²) in [5.74, 6) is -2.09. The van der Waals surface area contributed by atoms with Crippen molar-refractivity contribution in [3.8, 4) is 0 Å². The van der Waals surface area contributed by atoms with Crippen LogP contribution in [0.25, 0.3) is 0 Å². The lowest BCUT2D eigenvalue weighted by Gasteiger charge is -2.17. The lowest BCUT2D eigenvalue weighted by Crippen LogP contribution is -2.48. The van der Waals surface area contributed by atoms with Crippen LogP contribution < -0.4 is 10.6 Å². The van der Waals surface area contributed by atoms with Crippen molar-refractivity contribution < 1.29 is 29.0 Å². The zero-order valence-corrected chi connectivity index (χ0v) is 11.5. The molecule has 8 nitrogen and oxygen atoms in total. The molecule has 0 saturated carbocycles. The monoisotopic (exact) mass is 288 g/mol. The predicted octanol–water partition coefficient (Wildman–Crippen LogP) is -1.11. The van der Waals surface area contributed by atoms with Crippen LogP contribution in [0.4, 0.5) is 0 Å². The Hall–Kier alpha value is -1.67. The third-order valence-corrected chi connectivity index (χ3v) is 3.22. The Kier molecular flexibility index (Phi) is 6.40. The molecule has 3 atom stereocenters. The molecule has 0 bridgehead atoms. The molecule has 0 aromatic rings. The summed E-state index contributed by atoms with van der Waals surface area (Å²) < 4.78 is 9.56. The number of methoxy groups -OCH3 is 2. The van der Waals surface area contributed by atoms with Gasteiger partial charge in [0.15, 0.2) is 0 Å². The summed E-state index contributed by atoms with van der Waals surface area (Å²) in [6.45, 7) is 0.550. The first-order valence-corrected chi connectivity index (χ1v) is 6.34. The number of nitrogens with one attached hydrogen (secondary N) is 2. The summed E-state index contributed by atoms with van der Waals surface area (Å²) in [7, 11) is 2.78. The molecule has 3 unspecified atom stereocenters. The second-order valence-corrected chi connectivity index (χ2v) is 4.57. The van der Waals surface area contributed by atoms with Gasteiger partial charge in [-0.3, -0.25) is 9.59 Å². The number of esters is 1. The highest BCUT2D eigenvalue weighted by molar-refractivity contribution is 5.87. The number of carbonyl (C=O) groups is 3. The van der Waals surface area contributed by atoms with Crippen LogP contribution in [-0.4, -0.2) is 61.9 Å². The summed E-state index contributed by atoms with van der Waals surface area (Å²) >= 11 is 0. The van der Waals surface area contributed by atoms with Crippen LogP contribution in [0.1, 0.15) is 19.3 Å². The topological polar surface area (TPSA) is 114 Å². The molecule has 3 N–H and O–H groups in total. The molecular weight excluding hydrogens is 268 g/mol. The summed E-state index contributed by atoms with van der Waals surface area (Å²) in [5.41, 5.74) is 0. The molecule has 1 saturated heterocycles. The summed E-state index contributed by atoms with van der Waals surface area (Å²) in [6, 6.07) is -1.58. The zero-order valence-electron chi connectivity index (χ0n) is 11.5. The van der Waals surface area contributed by atoms with E-state index in [0.717, 1.165) is 0 Å². The molecule has 0 radical (unpaired) electrons. The maximum atomic E-state index is 11.9. The lowest BCUT2D eigenvalue weighted by molar-refractivity contribution is -0.144. The second-order valence-electron chi connectivity index (χ2n) is 4.57. The number of ether oxygens (including phenoxy) is 2. The van der Waals surface area contributed by atoms with Crippen molar-refractivity contribution in [1.82, 2.24) is 10.6 Å². The minimum Gasteiger partial charge on any atom is -0.480 e. The van der Waals surface area contributed by atoms with E-state index in [0.29, 0.717) is 13.0 Å². The molecule has 1 rings (SSSR count). The van der Waals surface area contributed by atoms with Gasteiger partial charge in [0.2, 0.25) is 5.91 Å². The van der Waals surface area contributed by atoms with Crippen LogP contribution in [0.15, 0.2) is 0 Å². The molecule has 0 aromatic heterocycles. The van der Waals surface area contributed by atoms with Gasteiger partial charge in [-0.2, -0.15) is 0 Å². The zero-order chi connectivity index (χ0) is 15.1. The van der Waals surface area contributed by atoms with Crippen LogP contribution in [0.2, 0.25) is 0 Å². The van der Waals surface area contributed by atoms with Gasteiger partial charge in [-0.1, -0.05) is 0 Å².